The Hall–Kier alpha value is 0.897. The molecule has 0 heterocycles. The molecule has 0 fully saturated rings. The summed E-state index contributed by atoms with van der Waals surface area (Å²) in [6.07, 6.45) is 0. The molecule has 104 valence electrons. The van der Waals surface area contributed by atoms with Crippen molar-refractivity contribution in [1.29, 1.82) is 0 Å². The van der Waals surface area contributed by atoms with Gasteiger partial charge in [-0.2, -0.15) is 0 Å². The van der Waals surface area contributed by atoms with Gasteiger partial charge in [-0.1, -0.05) is 0 Å². The minimum Gasteiger partial charge on any atom is -0.870 e. The van der Waals surface area contributed by atoms with Crippen molar-refractivity contribution in [2.75, 3.05) is 0 Å². The van der Waals surface area contributed by atoms with Gasteiger partial charge in [-0.3, -0.25) is 0 Å². The van der Waals surface area contributed by atoms with Crippen LogP contribution in [0.3, 0.4) is 0 Å². The van der Waals surface area contributed by atoms with Crippen LogP contribution in [0.1, 0.15) is 0 Å². The first-order valence-corrected chi connectivity index (χ1v) is 7.99. The molecule has 0 rings (SSSR count). The molecule has 0 bridgehead atoms. The van der Waals surface area contributed by atoms with E-state index in [0.717, 1.165) is 0 Å². The molecule has 0 aromatic heterocycles. The summed E-state index contributed by atoms with van der Waals surface area (Å²) in [5, 5.41) is 0. The summed E-state index contributed by atoms with van der Waals surface area (Å²) in [5.74, 6) is 0. The molecule has 13 nitrogen and oxygen atoms in total. The third-order valence-electron chi connectivity index (χ3n) is 0. The van der Waals surface area contributed by atoms with Crippen LogP contribution in [0.25, 0.3) is 0 Å². The molecule has 17 heteroatoms. The molecule has 0 unspecified atom stereocenters. The summed E-state index contributed by atoms with van der Waals surface area (Å²) in [5.41, 5.74) is 0. The van der Waals surface area contributed by atoms with Crippen molar-refractivity contribution in [2.45, 2.75) is 0 Å². The van der Waals surface area contributed by atoms with Crippen molar-refractivity contribution >= 4 is 50.2 Å². The van der Waals surface area contributed by atoms with E-state index in [1.54, 1.807) is 0 Å². The standard InChI is InChI=1S/Mg.2H4O4Si.H3O4Si.H2O/c;3*1-5(2,3)4;/h;2*1-4H;1-3H;1H2/q+2;;;-1;/p-1. The molecule has 0 radical (unpaired) electrons. The number of hydrogen-bond donors (Lipinski definition) is 11. The fraction of sp³-hybridized carbons (Fsp3) is 0. The summed E-state index contributed by atoms with van der Waals surface area (Å²) in [4.78, 5) is 89.2. The van der Waals surface area contributed by atoms with Crippen LogP contribution in [0.15, 0.2) is 0 Å². The Morgan fingerprint density at radius 1 is 0.529 bits per heavy atom. The molecule has 17 heavy (non-hydrogen) atoms. The third kappa shape index (κ3) is 4660. The predicted molar refractivity (Wildman–Crippen MR) is 49.4 cm³/mol. The quantitative estimate of drug-likeness (QED) is 0.184. The molecule has 0 aliphatic carbocycles. The van der Waals surface area contributed by atoms with Gasteiger partial charge < -0.3 is 63.0 Å². The van der Waals surface area contributed by atoms with Gasteiger partial charge in [-0.25, -0.2) is 0 Å². The van der Waals surface area contributed by atoms with Crippen LogP contribution in [0.4, 0.5) is 0 Å². The van der Waals surface area contributed by atoms with Gasteiger partial charge in [0.2, 0.25) is 0 Å². The Bertz CT molecular complexity index is 91.7. The Labute approximate surface area is 113 Å². The van der Waals surface area contributed by atoms with Gasteiger partial charge >= 0.3 is 50.2 Å². The molecule has 0 aliphatic heterocycles. The first-order chi connectivity index (χ1) is 6.00. The molecule has 0 aromatic rings. The Morgan fingerprint density at radius 3 is 0.529 bits per heavy atom. The van der Waals surface area contributed by atoms with Gasteiger partial charge in [0.25, 0.3) is 0 Å². The van der Waals surface area contributed by atoms with E-state index in [4.69, 9.17) is 57.5 Å². The van der Waals surface area contributed by atoms with Gasteiger partial charge in [0.05, 0.1) is 0 Å². The van der Waals surface area contributed by atoms with E-state index in [2.05, 4.69) is 0 Å². The fourth-order valence-electron chi connectivity index (χ4n) is 0. The monoisotopic (exact) mass is 328 g/mol. The maximum atomic E-state index is 8.91. The first kappa shape index (κ1) is 30.7. The Balaban J connectivity index is -0.0000000400. The van der Waals surface area contributed by atoms with E-state index in [9.17, 15) is 0 Å². The van der Waals surface area contributed by atoms with E-state index in [1.165, 1.54) is 0 Å². The summed E-state index contributed by atoms with van der Waals surface area (Å²) in [6, 6.07) is 0. The van der Waals surface area contributed by atoms with Gasteiger partial charge in [-0.15, -0.1) is 0 Å². The van der Waals surface area contributed by atoms with E-state index < -0.39 is 27.1 Å². The predicted octanol–water partition coefficient (Wildman–Crippen LogP) is -9.02. The smallest absolute Gasteiger partial charge is 0.870 e. The molecule has 0 spiro atoms. The fourth-order valence-corrected chi connectivity index (χ4v) is 0. The molecule has 0 aliphatic rings. The zero-order chi connectivity index (χ0) is 13.5. The molecule has 0 aromatic carbocycles. The van der Waals surface area contributed by atoms with Crippen molar-refractivity contribution in [3.8, 4) is 0 Å². The van der Waals surface area contributed by atoms with Crippen molar-refractivity contribution in [2.24, 2.45) is 0 Å². The summed E-state index contributed by atoms with van der Waals surface area (Å²) >= 11 is 0. The van der Waals surface area contributed by atoms with E-state index in [-0.39, 0.29) is 28.5 Å². The average Bonchev–Trinajstić information content (AvgIpc) is 1.41. The zero-order valence-electron chi connectivity index (χ0n) is 7.98. The van der Waals surface area contributed by atoms with Crippen LogP contribution in [-0.2, 0) is 0 Å². The molecule has 0 saturated heterocycles. The van der Waals surface area contributed by atoms with Crippen molar-refractivity contribution < 1.29 is 63.0 Å². The topological polar surface area (TPSA) is 276 Å². The number of hydrogen-bond acceptors (Lipinski definition) is 13. The zero-order valence-corrected chi connectivity index (χ0v) is 12.4. The second-order valence-electron chi connectivity index (χ2n) is 1.77. The summed E-state index contributed by atoms with van der Waals surface area (Å²) in [6.45, 7) is 0. The molecular formula is H12MgO13Si3. The van der Waals surface area contributed by atoms with Gasteiger partial charge in [-0.05, 0) is 0 Å². The van der Waals surface area contributed by atoms with Crippen LogP contribution in [-0.4, -0.2) is 108 Å². The second-order valence-corrected chi connectivity index (χ2v) is 5.32. The summed E-state index contributed by atoms with van der Waals surface area (Å²) < 4.78 is 0. The molecule has 0 amide bonds. The van der Waals surface area contributed by atoms with Crippen LogP contribution in [0.2, 0.25) is 0 Å². The van der Waals surface area contributed by atoms with Crippen molar-refractivity contribution in [3.05, 3.63) is 0 Å². The molecule has 12 N–H and O–H groups in total. The van der Waals surface area contributed by atoms with Crippen molar-refractivity contribution in [1.82, 2.24) is 0 Å². The number of rotatable bonds is 0. The first-order valence-electron chi connectivity index (χ1n) is 2.66. The second kappa shape index (κ2) is 12.0. The largest absolute Gasteiger partial charge is 2.00 e. The Morgan fingerprint density at radius 2 is 0.529 bits per heavy atom. The summed E-state index contributed by atoms with van der Waals surface area (Å²) in [7, 11) is -14.1. The van der Waals surface area contributed by atoms with Gasteiger partial charge in [0.1, 0.15) is 0 Å². The normalized spacial score (nSPS) is 10.6. The van der Waals surface area contributed by atoms with Crippen LogP contribution in [0.5, 0.6) is 0 Å². The van der Waals surface area contributed by atoms with E-state index >= 15 is 0 Å². The Kier molecular flexibility index (Phi) is 21.6. The minimum absolute atomic E-state index is 0. The maximum Gasteiger partial charge on any atom is 2.00 e. The van der Waals surface area contributed by atoms with Crippen molar-refractivity contribution in [3.63, 3.8) is 0 Å². The maximum absolute atomic E-state index is 8.91. The minimum atomic E-state index is -4.86. The molecule has 0 saturated carbocycles. The third-order valence-corrected chi connectivity index (χ3v) is 0. The van der Waals surface area contributed by atoms with Crippen LogP contribution in [0, 0.1) is 0 Å². The van der Waals surface area contributed by atoms with E-state index in [0.29, 0.717) is 0 Å². The van der Waals surface area contributed by atoms with Crippen LogP contribution < -0.4 is 4.80 Å². The SMILES string of the molecule is O[Si](O)(O)O.O[Si](O)(O)O.[Mg+2].[O-][Si](O)(O)O.[OH-]. The average molecular weight is 329 g/mol. The molecular weight excluding hydrogens is 317 g/mol. The molecule has 0 atom stereocenters. The van der Waals surface area contributed by atoms with Gasteiger partial charge in [0.15, 0.2) is 0 Å². The van der Waals surface area contributed by atoms with Gasteiger partial charge in [0, 0.05) is 0 Å². The van der Waals surface area contributed by atoms with E-state index in [1.807, 2.05) is 0 Å². The van der Waals surface area contributed by atoms with Crippen LogP contribution >= 0.6 is 0 Å².